The van der Waals surface area contributed by atoms with Gasteiger partial charge in [0.25, 0.3) is 5.91 Å². The maximum Gasteiger partial charge on any atom is 0.256 e. The Morgan fingerprint density at radius 2 is 2.16 bits per heavy atom. The van der Waals surface area contributed by atoms with Gasteiger partial charge in [-0.05, 0) is 48.1 Å². The zero-order valence-corrected chi connectivity index (χ0v) is 11.1. The molecule has 0 saturated carbocycles. The first-order valence-electron chi connectivity index (χ1n) is 6.37. The Hall–Kier alpha value is -1.74. The lowest BCUT2D eigenvalue weighted by Crippen LogP contribution is -2.30. The van der Waals surface area contributed by atoms with Crippen LogP contribution in [0.5, 0.6) is 0 Å². The van der Waals surface area contributed by atoms with Gasteiger partial charge in [0.15, 0.2) is 0 Å². The number of rotatable bonds is 2. The number of amides is 1. The van der Waals surface area contributed by atoms with E-state index in [1.807, 2.05) is 12.1 Å². The summed E-state index contributed by atoms with van der Waals surface area (Å²) >= 11 is 5.83. The summed E-state index contributed by atoms with van der Waals surface area (Å²) in [4.78, 5) is 12.1. The van der Waals surface area contributed by atoms with Crippen LogP contribution in [-0.2, 0) is 6.42 Å². The minimum atomic E-state index is -0.180. The van der Waals surface area contributed by atoms with Crippen molar-refractivity contribution in [2.24, 2.45) is 0 Å². The maximum absolute atomic E-state index is 12.1. The lowest BCUT2D eigenvalue weighted by Gasteiger charge is -2.26. The van der Waals surface area contributed by atoms with Gasteiger partial charge in [-0.3, -0.25) is 4.79 Å². The number of benzene rings is 1. The quantitative estimate of drug-likeness (QED) is 0.907. The van der Waals surface area contributed by atoms with Crippen LogP contribution in [-0.4, -0.2) is 5.91 Å². The van der Waals surface area contributed by atoms with Crippen LogP contribution in [0.4, 0.5) is 0 Å². The molecule has 1 heterocycles. The van der Waals surface area contributed by atoms with E-state index in [-0.39, 0.29) is 17.2 Å². The van der Waals surface area contributed by atoms with Crippen LogP contribution in [0.25, 0.3) is 0 Å². The molecular formula is C15H14ClNO2. The SMILES string of the molecule is O=C(NC1CCCc2ccccc21)c1ccoc1Cl. The lowest BCUT2D eigenvalue weighted by molar-refractivity contribution is 0.0932. The van der Waals surface area contributed by atoms with Crippen molar-refractivity contribution in [3.63, 3.8) is 0 Å². The molecule has 1 aromatic heterocycles. The molecule has 1 atom stereocenters. The number of halogens is 1. The van der Waals surface area contributed by atoms with Gasteiger partial charge in [0, 0.05) is 0 Å². The summed E-state index contributed by atoms with van der Waals surface area (Å²) in [5.41, 5.74) is 2.92. The minimum absolute atomic E-state index is 0.0587. The fourth-order valence-electron chi connectivity index (χ4n) is 2.60. The monoisotopic (exact) mass is 275 g/mol. The molecule has 0 fully saturated rings. The van der Waals surface area contributed by atoms with Crippen LogP contribution in [0.1, 0.15) is 40.4 Å². The van der Waals surface area contributed by atoms with Gasteiger partial charge in [-0.25, -0.2) is 0 Å². The molecule has 98 valence electrons. The molecule has 1 N–H and O–H groups in total. The van der Waals surface area contributed by atoms with Crippen LogP contribution in [0.15, 0.2) is 41.0 Å². The van der Waals surface area contributed by atoms with Crippen molar-refractivity contribution in [3.05, 3.63) is 58.5 Å². The highest BCUT2D eigenvalue weighted by Gasteiger charge is 2.23. The summed E-state index contributed by atoms with van der Waals surface area (Å²) in [5.74, 6) is -0.180. The minimum Gasteiger partial charge on any atom is -0.452 e. The summed E-state index contributed by atoms with van der Waals surface area (Å²) in [6.07, 6.45) is 4.54. The molecule has 19 heavy (non-hydrogen) atoms. The molecule has 0 spiro atoms. The molecule has 4 heteroatoms. The number of fused-ring (bicyclic) bond motifs is 1. The smallest absolute Gasteiger partial charge is 0.256 e. The number of hydrogen-bond acceptors (Lipinski definition) is 2. The Morgan fingerprint density at radius 3 is 2.95 bits per heavy atom. The molecular weight excluding hydrogens is 262 g/mol. The van der Waals surface area contributed by atoms with Gasteiger partial charge in [0.2, 0.25) is 5.22 Å². The van der Waals surface area contributed by atoms with Gasteiger partial charge < -0.3 is 9.73 Å². The number of carbonyl (C=O) groups excluding carboxylic acids is 1. The van der Waals surface area contributed by atoms with Crippen molar-refractivity contribution < 1.29 is 9.21 Å². The lowest BCUT2D eigenvalue weighted by atomic mass is 9.87. The molecule has 3 rings (SSSR count). The molecule has 1 unspecified atom stereocenters. The van der Waals surface area contributed by atoms with Crippen LogP contribution in [0, 0.1) is 0 Å². The average Bonchev–Trinajstić information content (AvgIpc) is 2.85. The Kier molecular flexibility index (Phi) is 3.30. The van der Waals surface area contributed by atoms with E-state index in [1.54, 1.807) is 6.07 Å². The Balaban J connectivity index is 1.82. The van der Waals surface area contributed by atoms with E-state index in [4.69, 9.17) is 16.0 Å². The van der Waals surface area contributed by atoms with E-state index in [0.717, 1.165) is 19.3 Å². The first-order valence-corrected chi connectivity index (χ1v) is 6.75. The molecule has 1 aromatic carbocycles. The van der Waals surface area contributed by atoms with E-state index in [9.17, 15) is 4.79 Å². The third kappa shape index (κ3) is 2.38. The van der Waals surface area contributed by atoms with E-state index >= 15 is 0 Å². The maximum atomic E-state index is 12.1. The van der Waals surface area contributed by atoms with Crippen molar-refractivity contribution in [2.45, 2.75) is 25.3 Å². The molecule has 0 radical (unpaired) electrons. The standard InChI is InChI=1S/C15H14ClNO2/c16-14-12(8-9-19-14)15(18)17-13-7-3-5-10-4-1-2-6-11(10)13/h1-2,4,6,8-9,13H,3,5,7H2,(H,17,18). The molecule has 2 aromatic rings. The number of furan rings is 1. The second-order valence-electron chi connectivity index (χ2n) is 4.73. The summed E-state index contributed by atoms with van der Waals surface area (Å²) in [7, 11) is 0. The zero-order chi connectivity index (χ0) is 13.2. The predicted octanol–water partition coefficient (Wildman–Crippen LogP) is 3.74. The van der Waals surface area contributed by atoms with Crippen molar-refractivity contribution >= 4 is 17.5 Å². The van der Waals surface area contributed by atoms with E-state index in [2.05, 4.69) is 17.4 Å². The molecule has 1 aliphatic carbocycles. The van der Waals surface area contributed by atoms with Gasteiger partial charge in [0.05, 0.1) is 17.9 Å². The second kappa shape index (κ2) is 5.10. The number of aryl methyl sites for hydroxylation is 1. The Morgan fingerprint density at radius 1 is 1.32 bits per heavy atom. The van der Waals surface area contributed by atoms with Gasteiger partial charge in [-0.2, -0.15) is 0 Å². The van der Waals surface area contributed by atoms with Crippen LogP contribution in [0.2, 0.25) is 5.22 Å². The highest BCUT2D eigenvalue weighted by Crippen LogP contribution is 2.30. The molecule has 3 nitrogen and oxygen atoms in total. The molecule has 0 aliphatic heterocycles. The number of hydrogen-bond donors (Lipinski definition) is 1. The Bertz CT molecular complexity index is 606. The van der Waals surface area contributed by atoms with E-state index in [1.165, 1.54) is 17.4 Å². The topological polar surface area (TPSA) is 42.2 Å². The normalized spacial score (nSPS) is 17.8. The third-order valence-corrected chi connectivity index (χ3v) is 3.83. The fourth-order valence-corrected chi connectivity index (χ4v) is 2.80. The summed E-state index contributed by atoms with van der Waals surface area (Å²) in [6, 6.07) is 9.90. The van der Waals surface area contributed by atoms with Crippen LogP contribution >= 0.6 is 11.6 Å². The van der Waals surface area contributed by atoms with Gasteiger partial charge in [-0.15, -0.1) is 0 Å². The number of nitrogens with one attached hydrogen (secondary N) is 1. The number of carbonyl (C=O) groups is 1. The highest BCUT2D eigenvalue weighted by atomic mass is 35.5. The largest absolute Gasteiger partial charge is 0.452 e. The Labute approximate surface area is 116 Å². The predicted molar refractivity (Wildman–Crippen MR) is 73.3 cm³/mol. The first-order chi connectivity index (χ1) is 9.25. The van der Waals surface area contributed by atoms with Crippen molar-refractivity contribution in [3.8, 4) is 0 Å². The van der Waals surface area contributed by atoms with E-state index < -0.39 is 0 Å². The van der Waals surface area contributed by atoms with Crippen molar-refractivity contribution in [1.82, 2.24) is 5.32 Å². The third-order valence-electron chi connectivity index (χ3n) is 3.54. The van der Waals surface area contributed by atoms with Crippen molar-refractivity contribution in [1.29, 1.82) is 0 Å². The first kappa shape index (κ1) is 12.3. The summed E-state index contributed by atoms with van der Waals surface area (Å²) in [5, 5.41) is 3.18. The molecule has 1 amide bonds. The molecule has 1 aliphatic rings. The van der Waals surface area contributed by atoms with Crippen LogP contribution in [0.3, 0.4) is 0 Å². The fraction of sp³-hybridized carbons (Fsp3) is 0.267. The average molecular weight is 276 g/mol. The van der Waals surface area contributed by atoms with E-state index in [0.29, 0.717) is 5.56 Å². The zero-order valence-electron chi connectivity index (χ0n) is 10.4. The highest BCUT2D eigenvalue weighted by molar-refractivity contribution is 6.32. The van der Waals surface area contributed by atoms with Gasteiger partial charge in [0.1, 0.15) is 0 Å². The summed E-state index contributed by atoms with van der Waals surface area (Å²) < 4.78 is 4.95. The summed E-state index contributed by atoms with van der Waals surface area (Å²) in [6.45, 7) is 0. The molecule has 0 bridgehead atoms. The van der Waals surface area contributed by atoms with Gasteiger partial charge in [-0.1, -0.05) is 24.3 Å². The second-order valence-corrected chi connectivity index (χ2v) is 5.07. The van der Waals surface area contributed by atoms with Crippen LogP contribution < -0.4 is 5.32 Å². The van der Waals surface area contributed by atoms with Crippen molar-refractivity contribution in [2.75, 3.05) is 0 Å². The molecule has 0 saturated heterocycles. The van der Waals surface area contributed by atoms with Gasteiger partial charge >= 0.3 is 0 Å².